The summed E-state index contributed by atoms with van der Waals surface area (Å²) in [6.07, 6.45) is 0.889. The second kappa shape index (κ2) is 9.97. The van der Waals surface area contributed by atoms with Crippen LogP contribution in [0.25, 0.3) is 0 Å². The zero-order valence-corrected chi connectivity index (χ0v) is 16.0. The molecule has 1 fully saturated rings. The molecule has 1 heterocycles. The van der Waals surface area contributed by atoms with Crippen LogP contribution in [0.5, 0.6) is 0 Å². The normalized spacial score (nSPS) is 19.2. The van der Waals surface area contributed by atoms with Crippen LogP contribution in [0.3, 0.4) is 0 Å². The molecule has 140 valence electrons. The number of nitrogens with zero attached hydrogens (tertiary/aromatic N) is 1. The number of halogens is 2. The topological polar surface area (TPSA) is 84.7 Å². The highest BCUT2D eigenvalue weighted by Crippen LogP contribution is 2.24. The SMILES string of the molecule is CCN(CC)C(=O)c1ccc(NC(=O)[C@@H]2CC[C@H](CN)O2)cc1Cl.Cl. The highest BCUT2D eigenvalue weighted by molar-refractivity contribution is 6.34. The van der Waals surface area contributed by atoms with Gasteiger partial charge >= 0.3 is 0 Å². The van der Waals surface area contributed by atoms with Crippen molar-refractivity contribution in [3.63, 3.8) is 0 Å². The smallest absolute Gasteiger partial charge is 0.255 e. The van der Waals surface area contributed by atoms with Gasteiger partial charge in [0.2, 0.25) is 0 Å². The Bertz CT molecular complexity index is 609. The Hall–Kier alpha value is -1.34. The lowest BCUT2D eigenvalue weighted by Crippen LogP contribution is -2.31. The number of nitrogens with two attached hydrogens (primary N) is 1. The number of hydrogen-bond donors (Lipinski definition) is 2. The van der Waals surface area contributed by atoms with Gasteiger partial charge in [-0.05, 0) is 44.9 Å². The van der Waals surface area contributed by atoms with Crippen molar-refractivity contribution in [2.24, 2.45) is 5.73 Å². The van der Waals surface area contributed by atoms with Gasteiger partial charge in [-0.3, -0.25) is 9.59 Å². The molecule has 0 aliphatic carbocycles. The average molecular weight is 390 g/mol. The molecule has 1 saturated heterocycles. The lowest BCUT2D eigenvalue weighted by Gasteiger charge is -2.19. The van der Waals surface area contributed by atoms with Crippen molar-refractivity contribution < 1.29 is 14.3 Å². The molecule has 0 bridgehead atoms. The fourth-order valence-electron chi connectivity index (χ4n) is 2.74. The van der Waals surface area contributed by atoms with E-state index in [1.165, 1.54) is 0 Å². The van der Waals surface area contributed by atoms with Gasteiger partial charge in [-0.15, -0.1) is 12.4 Å². The van der Waals surface area contributed by atoms with Crippen LogP contribution < -0.4 is 11.1 Å². The molecular formula is C17H25Cl2N3O3. The summed E-state index contributed by atoms with van der Waals surface area (Å²) in [6.45, 7) is 5.48. The van der Waals surface area contributed by atoms with Gasteiger partial charge in [0, 0.05) is 25.3 Å². The predicted octanol–water partition coefficient (Wildman–Crippen LogP) is 2.69. The molecule has 2 rings (SSSR count). The molecule has 0 spiro atoms. The van der Waals surface area contributed by atoms with Crippen LogP contribution in [0.2, 0.25) is 5.02 Å². The Balaban J connectivity index is 0.00000312. The molecule has 6 nitrogen and oxygen atoms in total. The van der Waals surface area contributed by atoms with Crippen LogP contribution in [0, 0.1) is 0 Å². The second-order valence-corrected chi connectivity index (χ2v) is 6.13. The zero-order chi connectivity index (χ0) is 17.7. The summed E-state index contributed by atoms with van der Waals surface area (Å²) < 4.78 is 5.57. The fourth-order valence-corrected chi connectivity index (χ4v) is 3.00. The van der Waals surface area contributed by atoms with E-state index in [9.17, 15) is 9.59 Å². The molecule has 25 heavy (non-hydrogen) atoms. The van der Waals surface area contributed by atoms with Gasteiger partial charge in [-0.1, -0.05) is 11.6 Å². The van der Waals surface area contributed by atoms with Crippen LogP contribution in [-0.2, 0) is 9.53 Å². The molecule has 1 aliphatic heterocycles. The minimum Gasteiger partial charge on any atom is -0.364 e. The molecule has 2 amide bonds. The summed E-state index contributed by atoms with van der Waals surface area (Å²) in [5.41, 5.74) is 6.52. The van der Waals surface area contributed by atoms with Crippen LogP contribution in [-0.4, -0.2) is 48.6 Å². The first kappa shape index (κ1) is 21.7. The standard InChI is InChI=1S/C17H24ClN3O3.ClH/c1-3-21(4-2)17(23)13-7-5-11(9-14(13)18)20-16(22)15-8-6-12(10-19)24-15;/h5,7,9,12,15H,3-4,6,8,10,19H2,1-2H3,(H,20,22);1H/t12-,15+;/m1./s1. The van der Waals surface area contributed by atoms with Crippen molar-refractivity contribution in [3.8, 4) is 0 Å². The first-order valence-electron chi connectivity index (χ1n) is 8.25. The maximum atomic E-state index is 12.4. The van der Waals surface area contributed by atoms with Gasteiger partial charge < -0.3 is 20.7 Å². The summed E-state index contributed by atoms with van der Waals surface area (Å²) in [5.74, 6) is -0.336. The molecule has 0 aromatic heterocycles. The summed E-state index contributed by atoms with van der Waals surface area (Å²) in [6, 6.07) is 4.90. The van der Waals surface area contributed by atoms with E-state index in [0.29, 0.717) is 42.3 Å². The molecule has 2 atom stereocenters. The first-order chi connectivity index (χ1) is 11.5. The number of hydrogen-bond acceptors (Lipinski definition) is 4. The minimum absolute atomic E-state index is 0. The monoisotopic (exact) mass is 389 g/mol. The van der Waals surface area contributed by atoms with Crippen LogP contribution in [0.4, 0.5) is 5.69 Å². The highest BCUT2D eigenvalue weighted by Gasteiger charge is 2.30. The molecule has 0 unspecified atom stereocenters. The number of ether oxygens (including phenoxy) is 1. The number of anilines is 1. The molecule has 0 saturated carbocycles. The quantitative estimate of drug-likeness (QED) is 0.782. The van der Waals surface area contributed by atoms with E-state index in [4.69, 9.17) is 22.1 Å². The number of carbonyl (C=O) groups excluding carboxylic acids is 2. The number of rotatable bonds is 6. The average Bonchev–Trinajstić information content (AvgIpc) is 3.05. The lowest BCUT2D eigenvalue weighted by molar-refractivity contribution is -0.126. The number of nitrogens with one attached hydrogen (secondary N) is 1. The van der Waals surface area contributed by atoms with E-state index < -0.39 is 6.10 Å². The maximum Gasteiger partial charge on any atom is 0.255 e. The van der Waals surface area contributed by atoms with Crippen molar-refractivity contribution in [1.82, 2.24) is 4.90 Å². The Morgan fingerprint density at radius 1 is 1.32 bits per heavy atom. The fraction of sp³-hybridized carbons (Fsp3) is 0.529. The third-order valence-corrected chi connectivity index (χ3v) is 4.49. The molecule has 1 aromatic rings. The first-order valence-corrected chi connectivity index (χ1v) is 8.63. The summed E-state index contributed by atoms with van der Waals surface area (Å²) in [7, 11) is 0. The molecule has 3 N–H and O–H groups in total. The van der Waals surface area contributed by atoms with E-state index in [1.807, 2.05) is 13.8 Å². The second-order valence-electron chi connectivity index (χ2n) is 5.72. The number of carbonyl (C=O) groups is 2. The molecule has 1 aliphatic rings. The summed E-state index contributed by atoms with van der Waals surface area (Å²) in [4.78, 5) is 26.3. The molecule has 1 aromatic carbocycles. The van der Waals surface area contributed by atoms with E-state index in [0.717, 1.165) is 6.42 Å². The van der Waals surface area contributed by atoms with Gasteiger partial charge in [-0.2, -0.15) is 0 Å². The van der Waals surface area contributed by atoms with Crippen molar-refractivity contribution in [3.05, 3.63) is 28.8 Å². The third-order valence-electron chi connectivity index (χ3n) is 4.18. The van der Waals surface area contributed by atoms with Gasteiger partial charge in [0.05, 0.1) is 16.7 Å². The van der Waals surface area contributed by atoms with E-state index in [-0.39, 0.29) is 30.3 Å². The van der Waals surface area contributed by atoms with Crippen LogP contribution >= 0.6 is 24.0 Å². The summed E-state index contributed by atoms with van der Waals surface area (Å²) in [5, 5.41) is 3.10. The molecule has 8 heteroatoms. The molecule has 0 radical (unpaired) electrons. The maximum absolute atomic E-state index is 12.4. The summed E-state index contributed by atoms with van der Waals surface area (Å²) >= 11 is 6.22. The Labute approximate surface area is 159 Å². The number of amides is 2. The van der Waals surface area contributed by atoms with E-state index in [1.54, 1.807) is 23.1 Å². The molecular weight excluding hydrogens is 365 g/mol. The largest absolute Gasteiger partial charge is 0.364 e. The Kier molecular flexibility index (Phi) is 8.65. The van der Waals surface area contributed by atoms with Crippen LogP contribution in [0.1, 0.15) is 37.0 Å². The zero-order valence-electron chi connectivity index (χ0n) is 14.5. The van der Waals surface area contributed by atoms with E-state index >= 15 is 0 Å². The van der Waals surface area contributed by atoms with Gasteiger partial charge in [0.25, 0.3) is 11.8 Å². The lowest BCUT2D eigenvalue weighted by atomic mass is 10.1. The van der Waals surface area contributed by atoms with Crippen LogP contribution in [0.15, 0.2) is 18.2 Å². The van der Waals surface area contributed by atoms with Gasteiger partial charge in [0.1, 0.15) is 6.10 Å². The van der Waals surface area contributed by atoms with Crippen molar-refractivity contribution in [1.29, 1.82) is 0 Å². The van der Waals surface area contributed by atoms with Gasteiger partial charge in [-0.25, -0.2) is 0 Å². The predicted molar refractivity (Wildman–Crippen MR) is 102 cm³/mol. The highest BCUT2D eigenvalue weighted by atomic mass is 35.5. The van der Waals surface area contributed by atoms with Gasteiger partial charge in [0.15, 0.2) is 0 Å². The van der Waals surface area contributed by atoms with Crippen molar-refractivity contribution in [2.45, 2.75) is 38.9 Å². The minimum atomic E-state index is -0.491. The Morgan fingerprint density at radius 3 is 2.52 bits per heavy atom. The third kappa shape index (κ3) is 5.31. The number of benzene rings is 1. The van der Waals surface area contributed by atoms with Crippen molar-refractivity contribution >= 4 is 41.5 Å². The Morgan fingerprint density at radius 2 is 2.00 bits per heavy atom. The van der Waals surface area contributed by atoms with Crippen molar-refractivity contribution in [2.75, 3.05) is 25.0 Å². The van der Waals surface area contributed by atoms with E-state index in [2.05, 4.69) is 5.32 Å².